The van der Waals surface area contributed by atoms with Crippen LogP contribution in [-0.2, 0) is 11.2 Å². The van der Waals surface area contributed by atoms with Crippen LogP contribution in [0.25, 0.3) is 0 Å². The van der Waals surface area contributed by atoms with Gasteiger partial charge in [0.25, 0.3) is 0 Å². The molecule has 0 saturated heterocycles. The van der Waals surface area contributed by atoms with E-state index < -0.39 is 0 Å². The normalized spacial score (nSPS) is 22.0. The van der Waals surface area contributed by atoms with Crippen LogP contribution in [0.2, 0.25) is 5.02 Å². The SMILES string of the molecule is Cl.NCC1CCCC1NC(=O)CCc1cc(Cl)cs1. The summed E-state index contributed by atoms with van der Waals surface area (Å²) in [6.07, 6.45) is 4.68. The molecule has 0 radical (unpaired) electrons. The van der Waals surface area contributed by atoms with E-state index in [0.717, 1.165) is 29.2 Å². The molecule has 1 heterocycles. The first kappa shape index (κ1) is 16.8. The van der Waals surface area contributed by atoms with E-state index in [0.29, 0.717) is 18.9 Å². The molecule has 1 aromatic rings. The highest BCUT2D eigenvalue weighted by Crippen LogP contribution is 2.25. The fourth-order valence-corrected chi connectivity index (χ4v) is 3.59. The minimum absolute atomic E-state index is 0. The van der Waals surface area contributed by atoms with Crippen molar-refractivity contribution in [3.05, 3.63) is 21.3 Å². The van der Waals surface area contributed by atoms with Gasteiger partial charge >= 0.3 is 0 Å². The van der Waals surface area contributed by atoms with E-state index in [1.54, 1.807) is 11.3 Å². The standard InChI is InChI=1S/C13H19ClN2OS.ClH/c14-10-6-11(18-8-10)4-5-13(17)16-12-3-1-2-9(12)7-15;/h6,8-9,12H,1-5,7,15H2,(H,16,17);1H. The average molecular weight is 323 g/mol. The van der Waals surface area contributed by atoms with Crippen LogP contribution >= 0.6 is 35.3 Å². The Morgan fingerprint density at radius 3 is 2.95 bits per heavy atom. The van der Waals surface area contributed by atoms with Gasteiger partial charge in [-0.05, 0) is 37.8 Å². The number of carbonyl (C=O) groups is 1. The molecule has 0 aromatic carbocycles. The minimum atomic E-state index is 0. The van der Waals surface area contributed by atoms with Crippen LogP contribution in [0.3, 0.4) is 0 Å². The zero-order valence-corrected chi connectivity index (χ0v) is 13.1. The molecule has 2 atom stereocenters. The maximum absolute atomic E-state index is 11.9. The molecular formula is C13H20Cl2N2OS. The Hall–Kier alpha value is -0.290. The first-order valence-corrected chi connectivity index (χ1v) is 7.67. The van der Waals surface area contributed by atoms with Crippen LogP contribution in [0, 0.1) is 5.92 Å². The third-order valence-corrected chi connectivity index (χ3v) is 4.87. The summed E-state index contributed by atoms with van der Waals surface area (Å²) in [7, 11) is 0. The maximum atomic E-state index is 11.9. The smallest absolute Gasteiger partial charge is 0.220 e. The molecule has 2 rings (SSSR count). The number of hydrogen-bond donors (Lipinski definition) is 2. The Morgan fingerprint density at radius 2 is 2.32 bits per heavy atom. The molecule has 0 spiro atoms. The summed E-state index contributed by atoms with van der Waals surface area (Å²) in [6.45, 7) is 0.672. The number of aryl methyl sites for hydroxylation is 1. The van der Waals surface area contributed by atoms with Crippen LogP contribution in [-0.4, -0.2) is 18.5 Å². The monoisotopic (exact) mass is 322 g/mol. The lowest BCUT2D eigenvalue weighted by molar-refractivity contribution is -0.121. The van der Waals surface area contributed by atoms with Gasteiger partial charge in [0.15, 0.2) is 0 Å². The van der Waals surface area contributed by atoms with Gasteiger partial charge in [-0.1, -0.05) is 18.0 Å². The number of carbonyl (C=O) groups excluding carboxylic acids is 1. The first-order valence-electron chi connectivity index (χ1n) is 6.41. The van der Waals surface area contributed by atoms with Crippen LogP contribution in [0.4, 0.5) is 0 Å². The van der Waals surface area contributed by atoms with Gasteiger partial charge in [-0.25, -0.2) is 0 Å². The van der Waals surface area contributed by atoms with E-state index >= 15 is 0 Å². The van der Waals surface area contributed by atoms with E-state index in [2.05, 4.69) is 5.32 Å². The van der Waals surface area contributed by atoms with Gasteiger partial charge in [-0.2, -0.15) is 0 Å². The van der Waals surface area contributed by atoms with Crippen LogP contribution in [0.5, 0.6) is 0 Å². The zero-order valence-electron chi connectivity index (χ0n) is 10.7. The number of thiophene rings is 1. The molecule has 19 heavy (non-hydrogen) atoms. The third-order valence-electron chi connectivity index (χ3n) is 3.53. The van der Waals surface area contributed by atoms with Crippen molar-refractivity contribution in [1.82, 2.24) is 5.32 Å². The highest BCUT2D eigenvalue weighted by atomic mass is 35.5. The Balaban J connectivity index is 0.00000180. The van der Waals surface area contributed by atoms with Crippen molar-refractivity contribution in [2.24, 2.45) is 11.7 Å². The molecule has 6 heteroatoms. The summed E-state index contributed by atoms with van der Waals surface area (Å²) < 4.78 is 0. The molecule has 1 aliphatic carbocycles. The van der Waals surface area contributed by atoms with Crippen molar-refractivity contribution in [1.29, 1.82) is 0 Å². The van der Waals surface area contributed by atoms with Gasteiger partial charge in [0.1, 0.15) is 0 Å². The predicted molar refractivity (Wildman–Crippen MR) is 83.2 cm³/mol. The van der Waals surface area contributed by atoms with Gasteiger partial charge in [0.05, 0.1) is 5.02 Å². The number of rotatable bonds is 5. The van der Waals surface area contributed by atoms with E-state index in [4.69, 9.17) is 17.3 Å². The summed E-state index contributed by atoms with van der Waals surface area (Å²) in [5, 5.41) is 5.77. The van der Waals surface area contributed by atoms with Crippen molar-refractivity contribution >= 4 is 41.3 Å². The van der Waals surface area contributed by atoms with Crippen LogP contribution in [0.15, 0.2) is 11.4 Å². The molecule has 1 fully saturated rings. The molecule has 3 nitrogen and oxygen atoms in total. The Bertz CT molecular complexity index is 411. The number of amides is 1. The fourth-order valence-electron chi connectivity index (χ4n) is 2.51. The first-order chi connectivity index (χ1) is 8.69. The van der Waals surface area contributed by atoms with Crippen LogP contribution < -0.4 is 11.1 Å². The Morgan fingerprint density at radius 1 is 1.53 bits per heavy atom. The van der Waals surface area contributed by atoms with Gasteiger partial charge < -0.3 is 11.1 Å². The lowest BCUT2D eigenvalue weighted by atomic mass is 10.0. The molecular weight excluding hydrogens is 303 g/mol. The summed E-state index contributed by atoms with van der Waals surface area (Å²) in [6, 6.07) is 2.21. The maximum Gasteiger partial charge on any atom is 0.220 e. The van der Waals surface area contributed by atoms with E-state index in [1.165, 1.54) is 6.42 Å². The molecule has 1 aliphatic rings. The van der Waals surface area contributed by atoms with Crippen molar-refractivity contribution in [2.45, 2.75) is 38.1 Å². The molecule has 0 aliphatic heterocycles. The third kappa shape index (κ3) is 4.95. The molecule has 0 bridgehead atoms. The van der Waals surface area contributed by atoms with Gasteiger partial charge in [0.2, 0.25) is 5.91 Å². The van der Waals surface area contributed by atoms with Crippen molar-refractivity contribution in [3.8, 4) is 0 Å². The number of hydrogen-bond acceptors (Lipinski definition) is 3. The number of nitrogens with two attached hydrogens (primary N) is 1. The molecule has 1 aromatic heterocycles. The second-order valence-electron chi connectivity index (χ2n) is 4.83. The number of halogens is 2. The highest BCUT2D eigenvalue weighted by molar-refractivity contribution is 7.10. The van der Waals surface area contributed by atoms with Crippen molar-refractivity contribution < 1.29 is 4.79 Å². The molecule has 1 saturated carbocycles. The predicted octanol–water partition coefficient (Wildman–Crippen LogP) is 3.00. The van der Waals surface area contributed by atoms with Crippen molar-refractivity contribution in [3.63, 3.8) is 0 Å². The van der Waals surface area contributed by atoms with Gasteiger partial charge in [0, 0.05) is 22.7 Å². The van der Waals surface area contributed by atoms with Crippen molar-refractivity contribution in [2.75, 3.05) is 6.54 Å². The van der Waals surface area contributed by atoms with E-state index in [1.807, 2.05) is 11.4 Å². The Labute approximate surface area is 129 Å². The largest absolute Gasteiger partial charge is 0.353 e. The minimum Gasteiger partial charge on any atom is -0.353 e. The molecule has 3 N–H and O–H groups in total. The molecule has 108 valence electrons. The molecule has 1 amide bonds. The van der Waals surface area contributed by atoms with E-state index in [-0.39, 0.29) is 24.4 Å². The van der Waals surface area contributed by atoms with Gasteiger partial charge in [-0.15, -0.1) is 23.7 Å². The van der Waals surface area contributed by atoms with E-state index in [9.17, 15) is 4.79 Å². The highest BCUT2D eigenvalue weighted by Gasteiger charge is 2.26. The second-order valence-corrected chi connectivity index (χ2v) is 6.26. The summed E-state index contributed by atoms with van der Waals surface area (Å²) in [5.41, 5.74) is 5.70. The van der Waals surface area contributed by atoms with Gasteiger partial charge in [-0.3, -0.25) is 4.79 Å². The second kappa shape index (κ2) is 8.10. The summed E-state index contributed by atoms with van der Waals surface area (Å²) in [5.74, 6) is 0.593. The zero-order chi connectivity index (χ0) is 13.0. The molecule has 2 unspecified atom stereocenters. The number of nitrogens with one attached hydrogen (secondary N) is 1. The fraction of sp³-hybridized carbons (Fsp3) is 0.615. The summed E-state index contributed by atoms with van der Waals surface area (Å²) >= 11 is 7.45. The topological polar surface area (TPSA) is 55.1 Å². The lowest BCUT2D eigenvalue weighted by Crippen LogP contribution is -2.39. The summed E-state index contributed by atoms with van der Waals surface area (Å²) in [4.78, 5) is 13.0. The quantitative estimate of drug-likeness (QED) is 0.875. The lowest BCUT2D eigenvalue weighted by Gasteiger charge is -2.19. The van der Waals surface area contributed by atoms with Crippen LogP contribution in [0.1, 0.15) is 30.6 Å². The Kier molecular flexibility index (Phi) is 7.15. The average Bonchev–Trinajstić information content (AvgIpc) is 2.95.